The molecule has 1 N–H and O–H groups in total. The molecule has 2 unspecified atom stereocenters. The van der Waals surface area contributed by atoms with Crippen molar-refractivity contribution in [2.45, 2.75) is 44.9 Å². The molecule has 1 aromatic carbocycles. The lowest BCUT2D eigenvalue weighted by Gasteiger charge is -2.33. The summed E-state index contributed by atoms with van der Waals surface area (Å²) in [4.78, 5) is 0. The monoisotopic (exact) mass is 223 g/mol. The molecule has 0 spiro atoms. The molecule has 0 saturated carbocycles. The Morgan fingerprint density at radius 1 is 1.12 bits per heavy atom. The van der Waals surface area contributed by atoms with Crippen LogP contribution in [0.3, 0.4) is 0 Å². The smallest absolute Gasteiger partial charge is 0.123 e. The Hall–Kier alpha value is -1.09. The fourth-order valence-electron chi connectivity index (χ4n) is 2.30. The van der Waals surface area contributed by atoms with Gasteiger partial charge in [0.2, 0.25) is 0 Å². The molecule has 2 rings (SSSR count). The maximum Gasteiger partial charge on any atom is 0.123 e. The Morgan fingerprint density at radius 2 is 1.69 bits per heavy atom. The van der Waals surface area contributed by atoms with Gasteiger partial charge >= 0.3 is 0 Å². The van der Waals surface area contributed by atoms with Crippen molar-refractivity contribution >= 4 is 5.69 Å². The zero-order valence-electron chi connectivity index (χ0n) is 9.74. The molecule has 0 aliphatic carbocycles. The van der Waals surface area contributed by atoms with Gasteiger partial charge in [-0.2, -0.15) is 0 Å². The number of anilines is 1. The Kier molecular flexibility index (Phi) is 3.44. The van der Waals surface area contributed by atoms with Crippen molar-refractivity contribution in [3.05, 3.63) is 30.1 Å². The molecule has 1 saturated heterocycles. The van der Waals surface area contributed by atoms with E-state index in [1.807, 2.05) is 0 Å². The zero-order chi connectivity index (χ0) is 11.5. The second-order valence-corrected chi connectivity index (χ2v) is 4.58. The standard InChI is InChI=1S/C13H18FNO/c1-9-7-13(8-10(2)16-9)15-12-5-3-11(14)4-6-12/h3-6,9-10,13,15H,7-8H2,1-2H3. The average molecular weight is 223 g/mol. The summed E-state index contributed by atoms with van der Waals surface area (Å²) in [5.41, 5.74) is 0.979. The third-order valence-corrected chi connectivity index (χ3v) is 2.91. The van der Waals surface area contributed by atoms with Crippen molar-refractivity contribution in [2.24, 2.45) is 0 Å². The normalized spacial score (nSPS) is 30.1. The maximum absolute atomic E-state index is 12.7. The first-order valence-electron chi connectivity index (χ1n) is 5.81. The van der Waals surface area contributed by atoms with E-state index in [1.165, 1.54) is 12.1 Å². The van der Waals surface area contributed by atoms with Gasteiger partial charge in [-0.3, -0.25) is 0 Å². The van der Waals surface area contributed by atoms with Crippen molar-refractivity contribution in [1.82, 2.24) is 0 Å². The summed E-state index contributed by atoms with van der Waals surface area (Å²) in [5, 5.41) is 3.42. The largest absolute Gasteiger partial charge is 0.382 e. The van der Waals surface area contributed by atoms with Gasteiger partial charge in [0.05, 0.1) is 12.2 Å². The minimum atomic E-state index is -0.195. The van der Waals surface area contributed by atoms with Crippen LogP contribution in [0.5, 0.6) is 0 Å². The predicted octanol–water partition coefficient (Wildman–Crippen LogP) is 3.19. The molecule has 0 aromatic heterocycles. The fourth-order valence-corrected chi connectivity index (χ4v) is 2.30. The van der Waals surface area contributed by atoms with Gasteiger partial charge in [0.25, 0.3) is 0 Å². The lowest BCUT2D eigenvalue weighted by Crippen LogP contribution is -2.36. The highest BCUT2D eigenvalue weighted by molar-refractivity contribution is 5.43. The third-order valence-electron chi connectivity index (χ3n) is 2.91. The summed E-state index contributed by atoms with van der Waals surface area (Å²) in [6.07, 6.45) is 2.59. The van der Waals surface area contributed by atoms with Crippen LogP contribution in [-0.4, -0.2) is 18.2 Å². The molecule has 3 heteroatoms. The summed E-state index contributed by atoms with van der Waals surface area (Å²) in [7, 11) is 0. The highest BCUT2D eigenvalue weighted by atomic mass is 19.1. The van der Waals surface area contributed by atoms with E-state index in [0.29, 0.717) is 18.2 Å². The molecule has 1 heterocycles. The van der Waals surface area contributed by atoms with Crippen LogP contribution in [0.4, 0.5) is 10.1 Å². The first-order chi connectivity index (χ1) is 7.63. The van der Waals surface area contributed by atoms with Crippen LogP contribution in [0.2, 0.25) is 0 Å². The second-order valence-electron chi connectivity index (χ2n) is 4.58. The summed E-state index contributed by atoms with van der Waals surface area (Å²) in [6.45, 7) is 4.18. The highest BCUT2D eigenvalue weighted by Crippen LogP contribution is 2.22. The van der Waals surface area contributed by atoms with E-state index in [1.54, 1.807) is 12.1 Å². The van der Waals surface area contributed by atoms with Crippen molar-refractivity contribution in [1.29, 1.82) is 0 Å². The van der Waals surface area contributed by atoms with Crippen LogP contribution in [0.1, 0.15) is 26.7 Å². The molecule has 2 atom stereocenters. The SMILES string of the molecule is CC1CC(Nc2ccc(F)cc2)CC(C)O1. The highest BCUT2D eigenvalue weighted by Gasteiger charge is 2.23. The number of hydrogen-bond acceptors (Lipinski definition) is 2. The molecule has 16 heavy (non-hydrogen) atoms. The molecule has 88 valence electrons. The minimum absolute atomic E-state index is 0.195. The van der Waals surface area contributed by atoms with Crippen molar-refractivity contribution < 1.29 is 9.13 Å². The molecule has 0 bridgehead atoms. The lowest BCUT2D eigenvalue weighted by atomic mass is 9.99. The number of benzene rings is 1. The molecule has 2 nitrogen and oxygen atoms in total. The van der Waals surface area contributed by atoms with Gasteiger partial charge in [0.1, 0.15) is 5.82 Å². The Morgan fingerprint density at radius 3 is 2.25 bits per heavy atom. The van der Waals surface area contributed by atoms with E-state index in [2.05, 4.69) is 19.2 Å². The van der Waals surface area contributed by atoms with E-state index in [0.717, 1.165) is 18.5 Å². The second kappa shape index (κ2) is 4.83. The van der Waals surface area contributed by atoms with Gasteiger partial charge in [-0.15, -0.1) is 0 Å². The lowest BCUT2D eigenvalue weighted by molar-refractivity contribution is -0.0337. The summed E-state index contributed by atoms with van der Waals surface area (Å²) in [5.74, 6) is -0.195. The molecular formula is C13H18FNO. The van der Waals surface area contributed by atoms with E-state index < -0.39 is 0 Å². The zero-order valence-corrected chi connectivity index (χ0v) is 9.74. The van der Waals surface area contributed by atoms with Crippen LogP contribution in [-0.2, 0) is 4.74 Å². The molecule has 1 aliphatic rings. The average Bonchev–Trinajstić information content (AvgIpc) is 2.20. The van der Waals surface area contributed by atoms with Crippen LogP contribution in [0, 0.1) is 5.82 Å². The first-order valence-corrected chi connectivity index (χ1v) is 5.81. The van der Waals surface area contributed by atoms with Crippen molar-refractivity contribution in [3.63, 3.8) is 0 Å². The van der Waals surface area contributed by atoms with Crippen LogP contribution in [0.15, 0.2) is 24.3 Å². The number of halogens is 1. The Labute approximate surface area is 95.8 Å². The van der Waals surface area contributed by atoms with Gasteiger partial charge in [0.15, 0.2) is 0 Å². The first kappa shape index (κ1) is 11.4. The quantitative estimate of drug-likeness (QED) is 0.831. The minimum Gasteiger partial charge on any atom is -0.382 e. The number of hydrogen-bond donors (Lipinski definition) is 1. The van der Waals surface area contributed by atoms with E-state index in [9.17, 15) is 4.39 Å². The van der Waals surface area contributed by atoms with Crippen molar-refractivity contribution in [3.8, 4) is 0 Å². The molecule has 0 amide bonds. The molecule has 1 fully saturated rings. The van der Waals surface area contributed by atoms with Crippen LogP contribution >= 0.6 is 0 Å². The molecular weight excluding hydrogens is 205 g/mol. The fraction of sp³-hybridized carbons (Fsp3) is 0.538. The van der Waals surface area contributed by atoms with Gasteiger partial charge in [-0.05, 0) is 51.0 Å². The third kappa shape index (κ3) is 2.95. The van der Waals surface area contributed by atoms with Gasteiger partial charge in [0, 0.05) is 11.7 Å². The van der Waals surface area contributed by atoms with Gasteiger partial charge in [-0.1, -0.05) is 0 Å². The molecule has 1 aromatic rings. The van der Waals surface area contributed by atoms with Crippen LogP contribution < -0.4 is 5.32 Å². The summed E-state index contributed by atoms with van der Waals surface area (Å²) < 4.78 is 18.4. The van der Waals surface area contributed by atoms with E-state index in [4.69, 9.17) is 4.74 Å². The summed E-state index contributed by atoms with van der Waals surface area (Å²) in [6, 6.07) is 6.94. The molecule has 1 aliphatic heterocycles. The number of nitrogens with one attached hydrogen (secondary N) is 1. The van der Waals surface area contributed by atoms with E-state index >= 15 is 0 Å². The Balaban J connectivity index is 1.96. The van der Waals surface area contributed by atoms with Gasteiger partial charge in [-0.25, -0.2) is 4.39 Å². The maximum atomic E-state index is 12.7. The molecule has 0 radical (unpaired) electrons. The number of rotatable bonds is 2. The predicted molar refractivity (Wildman–Crippen MR) is 63.1 cm³/mol. The van der Waals surface area contributed by atoms with Crippen LogP contribution in [0.25, 0.3) is 0 Å². The van der Waals surface area contributed by atoms with Gasteiger partial charge < -0.3 is 10.1 Å². The van der Waals surface area contributed by atoms with E-state index in [-0.39, 0.29) is 5.82 Å². The number of ether oxygens (including phenoxy) is 1. The topological polar surface area (TPSA) is 21.3 Å². The Bertz CT molecular complexity index is 328. The summed E-state index contributed by atoms with van der Waals surface area (Å²) >= 11 is 0. The van der Waals surface area contributed by atoms with Crippen molar-refractivity contribution in [2.75, 3.05) is 5.32 Å².